The van der Waals surface area contributed by atoms with E-state index in [9.17, 15) is 0 Å². The second-order valence-electron chi connectivity index (χ2n) is 4.03. The van der Waals surface area contributed by atoms with E-state index in [1.165, 1.54) is 4.68 Å². The van der Waals surface area contributed by atoms with Crippen LogP contribution >= 0.6 is 0 Å². The predicted octanol–water partition coefficient (Wildman–Crippen LogP) is 0.212. The van der Waals surface area contributed by atoms with Crippen LogP contribution in [0, 0.1) is 0 Å². The summed E-state index contributed by atoms with van der Waals surface area (Å²) in [6, 6.07) is 1.87. The zero-order valence-electron chi connectivity index (χ0n) is 10.7. The first-order valence-corrected chi connectivity index (χ1v) is 6.12. The van der Waals surface area contributed by atoms with Gasteiger partial charge in [-0.25, -0.2) is 4.68 Å². The van der Waals surface area contributed by atoms with Crippen LogP contribution in [0.4, 0.5) is 11.9 Å². The number of nitrogens with zero attached hydrogens (tertiary/aromatic N) is 5. The Labute approximate surface area is 110 Å². The van der Waals surface area contributed by atoms with Gasteiger partial charge in [-0.2, -0.15) is 20.1 Å². The van der Waals surface area contributed by atoms with Gasteiger partial charge >= 0.3 is 0 Å². The average Bonchev–Trinajstić information content (AvgIpc) is 2.91. The third kappa shape index (κ3) is 3.38. The summed E-state index contributed by atoms with van der Waals surface area (Å²) >= 11 is 0. The standard InChI is InChI=1S/C11H17N7O/c1-2-8(4-7-19)14-10-15-9(12)16-11(17-10)18-6-3-5-13-18/h3,5-6,8,19H,2,4,7H2,1H3,(H3,12,14,15,16,17). The van der Waals surface area contributed by atoms with E-state index in [-0.39, 0.29) is 18.6 Å². The number of nitrogens with one attached hydrogen (secondary N) is 1. The Hall–Kier alpha value is -2.22. The molecule has 0 fully saturated rings. The molecule has 1 atom stereocenters. The van der Waals surface area contributed by atoms with Crippen LogP contribution in [0.1, 0.15) is 19.8 Å². The summed E-state index contributed by atoms with van der Waals surface area (Å²) in [7, 11) is 0. The van der Waals surface area contributed by atoms with Gasteiger partial charge in [0.1, 0.15) is 0 Å². The van der Waals surface area contributed by atoms with Crippen LogP contribution in [0.5, 0.6) is 0 Å². The largest absolute Gasteiger partial charge is 0.396 e. The van der Waals surface area contributed by atoms with Crippen LogP contribution in [0.3, 0.4) is 0 Å². The highest BCUT2D eigenvalue weighted by Crippen LogP contribution is 2.10. The van der Waals surface area contributed by atoms with Gasteiger partial charge < -0.3 is 16.2 Å². The fourth-order valence-electron chi connectivity index (χ4n) is 1.65. The van der Waals surface area contributed by atoms with Crippen molar-refractivity contribution in [1.82, 2.24) is 24.7 Å². The monoisotopic (exact) mass is 263 g/mol. The second kappa shape index (κ2) is 6.10. The first kappa shape index (κ1) is 13.2. The molecule has 2 rings (SSSR count). The summed E-state index contributed by atoms with van der Waals surface area (Å²) in [4.78, 5) is 12.3. The summed E-state index contributed by atoms with van der Waals surface area (Å²) in [5.41, 5.74) is 5.66. The van der Waals surface area contributed by atoms with Crippen molar-refractivity contribution in [2.45, 2.75) is 25.8 Å². The molecule has 4 N–H and O–H groups in total. The number of aromatic nitrogens is 5. The van der Waals surface area contributed by atoms with E-state index in [0.29, 0.717) is 18.3 Å². The van der Waals surface area contributed by atoms with E-state index in [1.807, 2.05) is 6.92 Å². The fourth-order valence-corrected chi connectivity index (χ4v) is 1.65. The molecule has 0 saturated heterocycles. The molecule has 2 heterocycles. The summed E-state index contributed by atoms with van der Waals surface area (Å²) in [5, 5.41) is 16.1. The molecule has 2 aromatic rings. The summed E-state index contributed by atoms with van der Waals surface area (Å²) in [6.45, 7) is 2.13. The zero-order chi connectivity index (χ0) is 13.7. The minimum absolute atomic E-state index is 0.0947. The second-order valence-corrected chi connectivity index (χ2v) is 4.03. The highest BCUT2D eigenvalue weighted by atomic mass is 16.3. The first-order valence-electron chi connectivity index (χ1n) is 6.12. The lowest BCUT2D eigenvalue weighted by Gasteiger charge is -2.15. The molecule has 0 amide bonds. The van der Waals surface area contributed by atoms with Gasteiger partial charge in [-0.3, -0.25) is 0 Å². The number of aliphatic hydroxyl groups is 1. The van der Waals surface area contributed by atoms with E-state index >= 15 is 0 Å². The minimum Gasteiger partial charge on any atom is -0.396 e. The Morgan fingerprint density at radius 2 is 2.26 bits per heavy atom. The lowest BCUT2D eigenvalue weighted by atomic mass is 10.2. The van der Waals surface area contributed by atoms with Crippen molar-refractivity contribution >= 4 is 11.9 Å². The molecule has 102 valence electrons. The van der Waals surface area contributed by atoms with E-state index < -0.39 is 0 Å². The number of hydrogen-bond acceptors (Lipinski definition) is 7. The molecule has 0 radical (unpaired) electrons. The van der Waals surface area contributed by atoms with Gasteiger partial charge in [0.05, 0.1) is 0 Å². The van der Waals surface area contributed by atoms with Gasteiger partial charge in [0.2, 0.25) is 11.9 Å². The number of aliphatic hydroxyl groups excluding tert-OH is 1. The molecule has 0 aliphatic carbocycles. The maximum Gasteiger partial charge on any atom is 0.257 e. The fraction of sp³-hybridized carbons (Fsp3) is 0.455. The molecule has 0 saturated carbocycles. The number of rotatable bonds is 6. The zero-order valence-corrected chi connectivity index (χ0v) is 10.7. The topological polar surface area (TPSA) is 115 Å². The third-order valence-electron chi connectivity index (χ3n) is 2.65. The maximum atomic E-state index is 8.97. The van der Waals surface area contributed by atoms with Crippen LogP contribution in [0.2, 0.25) is 0 Å². The van der Waals surface area contributed by atoms with E-state index in [1.54, 1.807) is 18.5 Å². The first-order chi connectivity index (χ1) is 9.22. The Bertz CT molecular complexity index is 514. The Kier molecular flexibility index (Phi) is 4.24. The molecular formula is C11H17N7O. The van der Waals surface area contributed by atoms with Crippen LogP contribution < -0.4 is 11.1 Å². The smallest absolute Gasteiger partial charge is 0.257 e. The molecule has 8 heteroatoms. The Morgan fingerprint density at radius 3 is 2.89 bits per heavy atom. The molecule has 0 bridgehead atoms. The van der Waals surface area contributed by atoms with Crippen LogP contribution in [-0.2, 0) is 0 Å². The number of hydrogen-bond donors (Lipinski definition) is 3. The van der Waals surface area contributed by atoms with E-state index in [0.717, 1.165) is 6.42 Å². The van der Waals surface area contributed by atoms with Crippen molar-refractivity contribution in [2.24, 2.45) is 0 Å². The summed E-state index contributed by atoms with van der Waals surface area (Å²) < 4.78 is 1.51. The molecule has 19 heavy (non-hydrogen) atoms. The normalized spacial score (nSPS) is 12.3. The van der Waals surface area contributed by atoms with E-state index in [2.05, 4.69) is 25.4 Å². The SMILES string of the molecule is CCC(CCO)Nc1nc(N)nc(-n2cccn2)n1. The summed E-state index contributed by atoms with van der Waals surface area (Å²) in [6.07, 6.45) is 4.83. The van der Waals surface area contributed by atoms with Crippen LogP contribution in [0.25, 0.3) is 5.95 Å². The van der Waals surface area contributed by atoms with Crippen molar-refractivity contribution in [1.29, 1.82) is 0 Å². The third-order valence-corrected chi connectivity index (χ3v) is 2.65. The van der Waals surface area contributed by atoms with Crippen molar-refractivity contribution in [3.05, 3.63) is 18.5 Å². The van der Waals surface area contributed by atoms with Gasteiger partial charge in [0, 0.05) is 25.0 Å². The highest BCUT2D eigenvalue weighted by molar-refractivity contribution is 5.35. The molecule has 2 aromatic heterocycles. The van der Waals surface area contributed by atoms with Crippen molar-refractivity contribution in [3.8, 4) is 5.95 Å². The average molecular weight is 263 g/mol. The number of nitrogens with two attached hydrogens (primary N) is 1. The number of nitrogen functional groups attached to an aromatic ring is 1. The van der Waals surface area contributed by atoms with Gasteiger partial charge in [0.15, 0.2) is 0 Å². The van der Waals surface area contributed by atoms with Gasteiger partial charge in [-0.05, 0) is 18.9 Å². The summed E-state index contributed by atoms with van der Waals surface area (Å²) in [5.74, 6) is 0.874. The van der Waals surface area contributed by atoms with Crippen molar-refractivity contribution < 1.29 is 5.11 Å². The molecule has 8 nitrogen and oxygen atoms in total. The van der Waals surface area contributed by atoms with Gasteiger partial charge in [-0.1, -0.05) is 6.92 Å². The predicted molar refractivity (Wildman–Crippen MR) is 70.8 cm³/mol. The van der Waals surface area contributed by atoms with Gasteiger partial charge in [-0.15, -0.1) is 0 Å². The number of anilines is 2. The molecule has 0 aliphatic rings. The Morgan fingerprint density at radius 1 is 1.42 bits per heavy atom. The van der Waals surface area contributed by atoms with Crippen LogP contribution in [0.15, 0.2) is 18.5 Å². The van der Waals surface area contributed by atoms with Crippen LogP contribution in [-0.4, -0.2) is 42.5 Å². The molecule has 0 aromatic carbocycles. The Balaban J connectivity index is 2.21. The molecular weight excluding hydrogens is 246 g/mol. The maximum absolute atomic E-state index is 8.97. The molecule has 0 spiro atoms. The highest BCUT2D eigenvalue weighted by Gasteiger charge is 2.10. The van der Waals surface area contributed by atoms with Gasteiger partial charge in [0.25, 0.3) is 5.95 Å². The van der Waals surface area contributed by atoms with Crippen molar-refractivity contribution in [2.75, 3.05) is 17.7 Å². The van der Waals surface area contributed by atoms with E-state index in [4.69, 9.17) is 10.8 Å². The molecule has 1 unspecified atom stereocenters. The van der Waals surface area contributed by atoms with Crippen molar-refractivity contribution in [3.63, 3.8) is 0 Å². The lowest BCUT2D eigenvalue weighted by molar-refractivity contribution is 0.278. The quantitative estimate of drug-likeness (QED) is 0.682. The lowest BCUT2D eigenvalue weighted by Crippen LogP contribution is -2.22. The minimum atomic E-state index is 0.0947. The molecule has 0 aliphatic heterocycles.